The fourth-order valence-corrected chi connectivity index (χ4v) is 2.03. The number of rotatable bonds is 6. The first-order chi connectivity index (χ1) is 9.69. The summed E-state index contributed by atoms with van der Waals surface area (Å²) in [5.41, 5.74) is 3.17. The van der Waals surface area contributed by atoms with Gasteiger partial charge in [0.25, 0.3) is 0 Å². The van der Waals surface area contributed by atoms with Gasteiger partial charge in [-0.05, 0) is 37.2 Å². The predicted molar refractivity (Wildman–Crippen MR) is 79.3 cm³/mol. The van der Waals surface area contributed by atoms with E-state index in [9.17, 15) is 4.39 Å². The van der Waals surface area contributed by atoms with Gasteiger partial charge in [-0.3, -0.25) is 0 Å². The topological polar surface area (TPSA) is 21.3 Å². The molecule has 0 aromatic heterocycles. The molecule has 20 heavy (non-hydrogen) atoms. The molecule has 0 aliphatic rings. The van der Waals surface area contributed by atoms with Crippen molar-refractivity contribution in [1.29, 1.82) is 0 Å². The van der Waals surface area contributed by atoms with Crippen LogP contribution in [0.3, 0.4) is 0 Å². The second-order valence-electron chi connectivity index (χ2n) is 4.81. The van der Waals surface area contributed by atoms with E-state index < -0.39 is 0 Å². The molecule has 0 atom stereocenters. The smallest absolute Gasteiger partial charge is 0.124 e. The van der Waals surface area contributed by atoms with Crippen LogP contribution in [0.15, 0.2) is 42.5 Å². The normalized spacial score (nSPS) is 10.6. The third-order valence-corrected chi connectivity index (χ3v) is 3.06. The predicted octanol–water partition coefficient (Wildman–Crippen LogP) is 3.82. The van der Waals surface area contributed by atoms with Crippen molar-refractivity contribution in [1.82, 2.24) is 5.32 Å². The third-order valence-electron chi connectivity index (χ3n) is 3.06. The van der Waals surface area contributed by atoms with Gasteiger partial charge in [0, 0.05) is 12.1 Å². The molecule has 1 N–H and O–H groups in total. The van der Waals surface area contributed by atoms with Crippen molar-refractivity contribution in [3.63, 3.8) is 0 Å². The van der Waals surface area contributed by atoms with E-state index in [2.05, 4.69) is 25.2 Å². The highest BCUT2D eigenvalue weighted by Gasteiger charge is 2.05. The molecule has 0 aliphatic carbocycles. The minimum Gasteiger partial charge on any atom is -0.489 e. The molecule has 2 aromatic rings. The molecule has 106 valence electrons. The largest absolute Gasteiger partial charge is 0.489 e. The number of hydrogen-bond acceptors (Lipinski definition) is 2. The standard InChI is InChI=1S/C17H20FNO/c1-3-19-11-15-9-13(2)7-8-17(15)20-12-14-5-4-6-16(18)10-14/h4-10,19H,3,11-12H2,1-2H3. The van der Waals surface area contributed by atoms with Crippen LogP contribution in [-0.4, -0.2) is 6.54 Å². The fraction of sp³-hybridized carbons (Fsp3) is 0.294. The van der Waals surface area contributed by atoms with Crippen LogP contribution in [0.4, 0.5) is 4.39 Å². The van der Waals surface area contributed by atoms with Gasteiger partial charge in [-0.15, -0.1) is 0 Å². The van der Waals surface area contributed by atoms with Crippen LogP contribution >= 0.6 is 0 Å². The molecule has 0 fully saturated rings. The van der Waals surface area contributed by atoms with E-state index in [1.165, 1.54) is 17.7 Å². The van der Waals surface area contributed by atoms with Crippen molar-refractivity contribution in [2.45, 2.75) is 27.0 Å². The molecule has 0 bridgehead atoms. The lowest BCUT2D eigenvalue weighted by Gasteiger charge is -2.13. The lowest BCUT2D eigenvalue weighted by atomic mass is 10.1. The maximum Gasteiger partial charge on any atom is 0.124 e. The number of benzene rings is 2. The minimum atomic E-state index is -0.233. The van der Waals surface area contributed by atoms with E-state index in [4.69, 9.17) is 4.74 Å². The summed E-state index contributed by atoms with van der Waals surface area (Å²) in [6.45, 7) is 6.20. The molecular weight excluding hydrogens is 253 g/mol. The van der Waals surface area contributed by atoms with Gasteiger partial charge in [-0.25, -0.2) is 4.39 Å². The maximum atomic E-state index is 13.1. The molecule has 0 amide bonds. The highest BCUT2D eigenvalue weighted by atomic mass is 19.1. The summed E-state index contributed by atoms with van der Waals surface area (Å²) in [5, 5.41) is 3.30. The molecule has 2 aromatic carbocycles. The summed E-state index contributed by atoms with van der Waals surface area (Å²) in [6.07, 6.45) is 0. The maximum absolute atomic E-state index is 13.1. The Labute approximate surface area is 119 Å². The van der Waals surface area contributed by atoms with Gasteiger partial charge in [-0.2, -0.15) is 0 Å². The van der Waals surface area contributed by atoms with Gasteiger partial charge in [0.2, 0.25) is 0 Å². The zero-order chi connectivity index (χ0) is 14.4. The summed E-state index contributed by atoms with van der Waals surface area (Å²) in [5.74, 6) is 0.615. The third kappa shape index (κ3) is 4.07. The summed E-state index contributed by atoms with van der Waals surface area (Å²) in [7, 11) is 0. The summed E-state index contributed by atoms with van der Waals surface area (Å²) >= 11 is 0. The second-order valence-corrected chi connectivity index (χ2v) is 4.81. The molecule has 0 radical (unpaired) electrons. The van der Waals surface area contributed by atoms with Gasteiger partial charge >= 0.3 is 0 Å². The van der Waals surface area contributed by atoms with Gasteiger partial charge < -0.3 is 10.1 Å². The quantitative estimate of drug-likeness (QED) is 0.864. The summed E-state index contributed by atoms with van der Waals surface area (Å²) in [6, 6.07) is 12.6. The SMILES string of the molecule is CCNCc1cc(C)ccc1OCc1cccc(F)c1. The van der Waals surface area contributed by atoms with Crippen LogP contribution in [0.25, 0.3) is 0 Å². The zero-order valence-corrected chi connectivity index (χ0v) is 11.9. The molecule has 0 spiro atoms. The Bertz CT molecular complexity index is 569. The van der Waals surface area contributed by atoms with Crippen LogP contribution in [0.1, 0.15) is 23.6 Å². The van der Waals surface area contributed by atoms with Crippen molar-refractivity contribution in [2.24, 2.45) is 0 Å². The molecule has 0 unspecified atom stereocenters. The molecular formula is C17H20FNO. The number of halogens is 1. The van der Waals surface area contributed by atoms with Gasteiger partial charge in [0.1, 0.15) is 18.2 Å². The number of ether oxygens (including phenoxy) is 1. The highest BCUT2D eigenvalue weighted by molar-refractivity contribution is 5.37. The van der Waals surface area contributed by atoms with E-state index in [1.807, 2.05) is 18.2 Å². The Balaban J connectivity index is 2.08. The van der Waals surface area contributed by atoms with E-state index in [0.717, 1.165) is 30.0 Å². The highest BCUT2D eigenvalue weighted by Crippen LogP contribution is 2.21. The van der Waals surface area contributed by atoms with Crippen LogP contribution in [0.2, 0.25) is 0 Å². The van der Waals surface area contributed by atoms with Crippen molar-refractivity contribution in [3.8, 4) is 5.75 Å². The average molecular weight is 273 g/mol. The summed E-state index contributed by atoms with van der Waals surface area (Å²) in [4.78, 5) is 0. The van der Waals surface area contributed by atoms with E-state index in [1.54, 1.807) is 6.07 Å². The Morgan fingerprint density at radius 2 is 2.00 bits per heavy atom. The first kappa shape index (κ1) is 14.5. The Morgan fingerprint density at radius 3 is 2.75 bits per heavy atom. The monoisotopic (exact) mass is 273 g/mol. The van der Waals surface area contributed by atoms with Crippen LogP contribution in [0, 0.1) is 12.7 Å². The molecule has 0 saturated carbocycles. The fourth-order valence-electron chi connectivity index (χ4n) is 2.03. The Kier molecular flexibility index (Phi) is 5.13. The van der Waals surface area contributed by atoms with Crippen molar-refractivity contribution >= 4 is 0 Å². The van der Waals surface area contributed by atoms with Crippen LogP contribution in [0.5, 0.6) is 5.75 Å². The van der Waals surface area contributed by atoms with Crippen molar-refractivity contribution in [2.75, 3.05) is 6.54 Å². The van der Waals surface area contributed by atoms with E-state index >= 15 is 0 Å². The Hall–Kier alpha value is -1.87. The van der Waals surface area contributed by atoms with E-state index in [0.29, 0.717) is 6.61 Å². The van der Waals surface area contributed by atoms with Crippen molar-refractivity contribution in [3.05, 3.63) is 65.0 Å². The summed E-state index contributed by atoms with van der Waals surface area (Å²) < 4.78 is 18.9. The van der Waals surface area contributed by atoms with Gasteiger partial charge in [0.05, 0.1) is 0 Å². The first-order valence-electron chi connectivity index (χ1n) is 6.86. The van der Waals surface area contributed by atoms with Gasteiger partial charge in [-0.1, -0.05) is 36.8 Å². The minimum absolute atomic E-state index is 0.233. The molecule has 3 heteroatoms. The first-order valence-corrected chi connectivity index (χ1v) is 6.86. The molecule has 2 rings (SSSR count). The molecule has 0 heterocycles. The van der Waals surface area contributed by atoms with Gasteiger partial charge in [0.15, 0.2) is 0 Å². The molecule has 2 nitrogen and oxygen atoms in total. The number of aryl methyl sites for hydroxylation is 1. The van der Waals surface area contributed by atoms with E-state index in [-0.39, 0.29) is 5.82 Å². The number of hydrogen-bond donors (Lipinski definition) is 1. The molecule has 0 saturated heterocycles. The molecule has 0 aliphatic heterocycles. The Morgan fingerprint density at radius 1 is 1.15 bits per heavy atom. The van der Waals surface area contributed by atoms with Crippen LogP contribution in [-0.2, 0) is 13.2 Å². The lowest BCUT2D eigenvalue weighted by molar-refractivity contribution is 0.301. The van der Waals surface area contributed by atoms with Crippen LogP contribution < -0.4 is 10.1 Å². The second kappa shape index (κ2) is 7.06. The lowest BCUT2D eigenvalue weighted by Crippen LogP contribution is -2.13. The average Bonchev–Trinajstić information content (AvgIpc) is 2.44. The zero-order valence-electron chi connectivity index (χ0n) is 11.9. The number of nitrogens with one attached hydrogen (secondary N) is 1. The van der Waals surface area contributed by atoms with Crippen molar-refractivity contribution < 1.29 is 9.13 Å².